The van der Waals surface area contributed by atoms with E-state index >= 15 is 0 Å². The van der Waals surface area contributed by atoms with E-state index in [-0.39, 0.29) is 4.87 Å². The molecule has 1 heterocycles. The van der Waals surface area contributed by atoms with Crippen molar-refractivity contribution in [2.45, 2.75) is 3.79 Å². The molecule has 15 heavy (non-hydrogen) atoms. The highest BCUT2D eigenvalue weighted by atomic mass is 35.6. The molecule has 0 aromatic carbocycles. The molecule has 84 valence electrons. The topological polar surface area (TPSA) is 56.3 Å². The van der Waals surface area contributed by atoms with Crippen LogP contribution in [0.4, 0.5) is 0 Å². The van der Waals surface area contributed by atoms with Crippen LogP contribution in [0.1, 0.15) is 10.6 Å². The molecule has 0 spiro atoms. The predicted octanol–water partition coefficient (Wildman–Crippen LogP) is 0.999. The average Bonchev–Trinajstić information content (AvgIpc) is 2.44. The van der Waals surface area contributed by atoms with E-state index in [2.05, 4.69) is 0 Å². The van der Waals surface area contributed by atoms with Crippen LogP contribution in [0.5, 0.6) is 5.06 Å². The van der Waals surface area contributed by atoms with E-state index in [0.717, 1.165) is 11.3 Å². The second-order valence-corrected chi connectivity index (χ2v) is 6.01. The molecule has 1 aromatic rings. The lowest BCUT2D eigenvalue weighted by Gasteiger charge is -2.08. The van der Waals surface area contributed by atoms with Gasteiger partial charge in [0.25, 0.3) is 3.79 Å². The number of halogens is 3. The van der Waals surface area contributed by atoms with Gasteiger partial charge in [0, 0.05) is 5.06 Å². The quantitative estimate of drug-likeness (QED) is 0.440. The Morgan fingerprint density at radius 2 is 2.00 bits per heavy atom. The summed E-state index contributed by atoms with van der Waals surface area (Å²) in [5, 5.41) is 10.8. The molecular weight excluding hydrogens is 285 g/mol. The van der Waals surface area contributed by atoms with Gasteiger partial charge in [0.05, 0.1) is 0 Å². The molecule has 0 atom stereocenters. The van der Waals surface area contributed by atoms with Crippen molar-refractivity contribution in [3.05, 3.63) is 10.6 Å². The molecule has 0 bridgehead atoms. The van der Waals surface area contributed by atoms with E-state index in [1.165, 1.54) is 0 Å². The standard InChI is InChI=1S/C7H6Cl3NO3S/c1-11(2)6-14-3(5(13)15-6)4(12)7(8,9)10/h1-2H3. The maximum Gasteiger partial charge on any atom is 0.429 e. The zero-order valence-corrected chi connectivity index (χ0v) is 10.8. The Balaban J connectivity index is 3.30. The molecule has 1 aromatic heterocycles. The third-order valence-electron chi connectivity index (χ3n) is 1.38. The molecule has 8 heteroatoms. The van der Waals surface area contributed by atoms with E-state index in [4.69, 9.17) is 39.2 Å². The first-order valence-corrected chi connectivity index (χ1v) is 5.61. The summed E-state index contributed by atoms with van der Waals surface area (Å²) < 4.78 is 4.36. The molecule has 0 aliphatic carbocycles. The Kier molecular flexibility index (Phi) is 3.71. The zero-order valence-electron chi connectivity index (χ0n) is 7.71. The molecule has 0 fully saturated rings. The third-order valence-corrected chi connectivity index (χ3v) is 2.89. The van der Waals surface area contributed by atoms with Gasteiger partial charge in [0.2, 0.25) is 5.78 Å². The molecule has 0 saturated carbocycles. The van der Waals surface area contributed by atoms with Gasteiger partial charge >= 0.3 is 4.87 Å². The summed E-state index contributed by atoms with van der Waals surface area (Å²) in [7, 11) is 3.33. The van der Waals surface area contributed by atoms with Crippen molar-refractivity contribution < 1.29 is 14.3 Å². The van der Waals surface area contributed by atoms with Crippen LogP contribution in [-0.2, 0) is 0 Å². The van der Waals surface area contributed by atoms with Crippen molar-refractivity contribution in [1.29, 1.82) is 0 Å². The summed E-state index contributed by atoms with van der Waals surface area (Å²) in [6.07, 6.45) is 0. The average molecular weight is 291 g/mol. The minimum Gasteiger partial charge on any atom is -0.862 e. The largest absolute Gasteiger partial charge is 0.862 e. The summed E-state index contributed by atoms with van der Waals surface area (Å²) in [6, 6.07) is 0. The maximum atomic E-state index is 11.4. The van der Waals surface area contributed by atoms with Gasteiger partial charge in [-0.15, -0.1) is 0 Å². The lowest BCUT2D eigenvalue weighted by Crippen LogP contribution is -2.21. The Bertz CT molecular complexity index is 453. The molecule has 0 unspecified atom stereocenters. The minimum atomic E-state index is -2.17. The van der Waals surface area contributed by atoms with Crippen LogP contribution < -0.4 is 14.5 Å². The number of Topliss-reactive ketones (excluding diaryl/α,β-unsaturated/α-hetero) is 1. The summed E-state index contributed by atoms with van der Waals surface area (Å²) in [5.41, 5.74) is 0. The second-order valence-electron chi connectivity index (χ2n) is 2.81. The summed E-state index contributed by atoms with van der Waals surface area (Å²) >= 11 is 16.8. The number of carbonyl (C=O) groups excluding carboxylic acids is 1. The van der Waals surface area contributed by atoms with Gasteiger partial charge < -0.3 is 9.52 Å². The summed E-state index contributed by atoms with van der Waals surface area (Å²) in [5.74, 6) is -1.41. The number of alkyl halides is 3. The van der Waals surface area contributed by atoms with Crippen molar-refractivity contribution >= 4 is 51.9 Å². The highest BCUT2D eigenvalue weighted by Gasteiger charge is 2.35. The normalized spacial score (nSPS) is 11.5. The lowest BCUT2D eigenvalue weighted by molar-refractivity contribution is -0.263. The second kappa shape index (κ2) is 4.33. The molecule has 1 rings (SSSR count). The molecule has 0 saturated heterocycles. The Morgan fingerprint density at radius 3 is 2.33 bits per heavy atom. The van der Waals surface area contributed by atoms with Gasteiger partial charge in [-0.05, 0) is 11.3 Å². The van der Waals surface area contributed by atoms with E-state index in [0.29, 0.717) is 0 Å². The summed E-state index contributed by atoms with van der Waals surface area (Å²) in [6.45, 7) is 0. The Morgan fingerprint density at radius 1 is 1.47 bits per heavy atom. The van der Waals surface area contributed by atoms with Gasteiger partial charge in [0.1, 0.15) is 14.1 Å². The fraction of sp³-hybridized carbons (Fsp3) is 0.429. The van der Waals surface area contributed by atoms with Crippen LogP contribution >= 0.6 is 46.1 Å². The summed E-state index contributed by atoms with van der Waals surface area (Å²) in [4.78, 5) is 11.7. The molecule has 4 nitrogen and oxygen atoms in total. The number of hydrogen-bond donors (Lipinski definition) is 0. The molecule has 0 N–H and O–H groups in total. The van der Waals surface area contributed by atoms with E-state index in [1.54, 1.807) is 18.7 Å². The number of ketones is 1. The van der Waals surface area contributed by atoms with Crippen LogP contribution in [-0.4, -0.2) is 23.7 Å². The number of rotatable bonds is 1. The van der Waals surface area contributed by atoms with Crippen molar-refractivity contribution in [3.63, 3.8) is 0 Å². The first-order chi connectivity index (χ1) is 6.73. The monoisotopic (exact) mass is 289 g/mol. The van der Waals surface area contributed by atoms with Crippen molar-refractivity contribution in [1.82, 2.24) is 4.58 Å². The number of carbonyl (C=O) groups is 1. The van der Waals surface area contributed by atoms with E-state index in [1.807, 2.05) is 0 Å². The van der Waals surface area contributed by atoms with Crippen molar-refractivity contribution in [3.8, 4) is 5.06 Å². The highest BCUT2D eigenvalue weighted by molar-refractivity contribution is 7.11. The van der Waals surface area contributed by atoms with Gasteiger partial charge in [-0.2, -0.15) is 4.58 Å². The Labute approximate surface area is 104 Å². The predicted molar refractivity (Wildman–Crippen MR) is 57.8 cm³/mol. The van der Waals surface area contributed by atoms with Crippen LogP contribution in [0.15, 0.2) is 4.42 Å². The fourth-order valence-electron chi connectivity index (χ4n) is 0.726. The highest BCUT2D eigenvalue weighted by Crippen LogP contribution is 2.33. The van der Waals surface area contributed by atoms with Crippen LogP contribution in [0.3, 0.4) is 0 Å². The zero-order chi connectivity index (χ0) is 11.8. The maximum absolute atomic E-state index is 11.4. The van der Waals surface area contributed by atoms with Crippen LogP contribution in [0, 0.1) is 0 Å². The molecular formula is C7H6Cl3NO3S. The van der Waals surface area contributed by atoms with E-state index in [9.17, 15) is 9.90 Å². The van der Waals surface area contributed by atoms with Gasteiger partial charge in [-0.3, -0.25) is 4.79 Å². The van der Waals surface area contributed by atoms with Crippen LogP contribution in [0.2, 0.25) is 0 Å². The Hall–Kier alpha value is -0.230. The van der Waals surface area contributed by atoms with Crippen molar-refractivity contribution in [2.24, 2.45) is 0 Å². The molecule has 0 amide bonds. The number of hydrogen-bond acceptors (Lipinski definition) is 4. The fourth-order valence-corrected chi connectivity index (χ4v) is 1.68. The van der Waals surface area contributed by atoms with E-state index < -0.39 is 20.4 Å². The third kappa shape index (κ3) is 2.87. The molecule has 0 aliphatic rings. The smallest absolute Gasteiger partial charge is 0.429 e. The molecule has 0 radical (unpaired) electrons. The molecule has 0 aliphatic heterocycles. The number of nitrogens with zero attached hydrogens (tertiary/aromatic N) is 1. The SMILES string of the molecule is C[N+](C)=c1oc(C(=O)C(Cl)(Cl)Cl)c([O-])s1. The van der Waals surface area contributed by atoms with Gasteiger partial charge in [0.15, 0.2) is 5.76 Å². The van der Waals surface area contributed by atoms with Gasteiger partial charge in [-0.1, -0.05) is 34.8 Å². The van der Waals surface area contributed by atoms with Gasteiger partial charge in [-0.25, -0.2) is 0 Å². The first-order valence-electron chi connectivity index (χ1n) is 3.66. The van der Waals surface area contributed by atoms with Crippen LogP contribution in [0.25, 0.3) is 0 Å². The van der Waals surface area contributed by atoms with Crippen molar-refractivity contribution in [2.75, 3.05) is 14.1 Å². The lowest BCUT2D eigenvalue weighted by atomic mass is 10.3. The first kappa shape index (κ1) is 12.8. The minimum absolute atomic E-state index is 0.276.